The van der Waals surface area contributed by atoms with Gasteiger partial charge < -0.3 is 9.47 Å². The maximum atomic E-state index is 12.8. The van der Waals surface area contributed by atoms with Crippen molar-refractivity contribution in [1.29, 1.82) is 0 Å². The number of ether oxygens (including phenoxy) is 2. The van der Waals surface area contributed by atoms with Crippen LogP contribution in [0.2, 0.25) is 0 Å². The number of sulfonamides is 1. The van der Waals surface area contributed by atoms with Crippen molar-refractivity contribution in [3.63, 3.8) is 0 Å². The lowest BCUT2D eigenvalue weighted by atomic mass is 10.2. The van der Waals surface area contributed by atoms with Crippen molar-refractivity contribution in [2.75, 3.05) is 14.2 Å². The summed E-state index contributed by atoms with van der Waals surface area (Å²) in [5.41, 5.74) is 0.0373. The van der Waals surface area contributed by atoms with Gasteiger partial charge in [0.2, 0.25) is 0 Å². The Balaban J connectivity index is 1.98. The van der Waals surface area contributed by atoms with Gasteiger partial charge >= 0.3 is 0 Å². The van der Waals surface area contributed by atoms with E-state index in [9.17, 15) is 13.2 Å². The molecule has 0 fully saturated rings. The zero-order chi connectivity index (χ0) is 18.9. The highest BCUT2D eigenvalue weighted by atomic mass is 32.2. The fraction of sp³-hybridized carbons (Fsp3) is 0.467. The molecule has 1 aliphatic heterocycles. The van der Waals surface area contributed by atoms with Gasteiger partial charge in [0, 0.05) is 12.6 Å². The molecule has 1 aromatic carbocycles. The van der Waals surface area contributed by atoms with Crippen LogP contribution in [0.25, 0.3) is 0 Å². The van der Waals surface area contributed by atoms with Crippen LogP contribution >= 0.6 is 0 Å². The smallest absolute Gasteiger partial charge is 0.269 e. The number of unbranched alkanes of at least 4 members (excludes halogenated alkanes) is 1. The summed E-state index contributed by atoms with van der Waals surface area (Å²) in [6, 6.07) is 2.66. The zero-order valence-corrected chi connectivity index (χ0v) is 15.5. The van der Waals surface area contributed by atoms with Crippen molar-refractivity contribution in [3.05, 3.63) is 23.5 Å². The largest absolute Gasteiger partial charge is 0.493 e. The highest BCUT2D eigenvalue weighted by Gasteiger charge is 2.43. The van der Waals surface area contributed by atoms with E-state index in [4.69, 9.17) is 9.47 Å². The number of carbonyl (C=O) groups excluding carboxylic acids is 1. The lowest BCUT2D eigenvalue weighted by molar-refractivity contribution is 0.0861. The molecule has 140 valence electrons. The molecule has 0 aliphatic carbocycles. The number of benzene rings is 1. The van der Waals surface area contributed by atoms with Gasteiger partial charge in [-0.2, -0.15) is 0 Å². The van der Waals surface area contributed by atoms with Crippen molar-refractivity contribution in [2.24, 2.45) is 0 Å². The Morgan fingerprint density at radius 2 is 1.85 bits per heavy atom. The molecular formula is C15H19N5O5S. The molecule has 10 nitrogen and oxygen atoms in total. The second kappa shape index (κ2) is 6.90. The topological polar surface area (TPSA) is 117 Å². The molecule has 3 rings (SSSR count). The Bertz CT molecular complexity index is 940. The van der Waals surface area contributed by atoms with Crippen LogP contribution in [0.5, 0.6) is 11.5 Å². The molecule has 11 heteroatoms. The lowest BCUT2D eigenvalue weighted by Crippen LogP contribution is -2.31. The van der Waals surface area contributed by atoms with E-state index in [-0.39, 0.29) is 28.5 Å². The molecule has 1 aromatic heterocycles. The molecule has 0 radical (unpaired) electrons. The maximum absolute atomic E-state index is 12.8. The summed E-state index contributed by atoms with van der Waals surface area (Å²) in [5.74, 6) is 0.176. The summed E-state index contributed by atoms with van der Waals surface area (Å²) in [4.78, 5) is 12.6. The minimum Gasteiger partial charge on any atom is -0.493 e. The molecule has 26 heavy (non-hydrogen) atoms. The Morgan fingerprint density at radius 3 is 2.50 bits per heavy atom. The quantitative estimate of drug-likeness (QED) is 0.692. The number of hydrogen-bond donors (Lipinski definition) is 0. The molecule has 0 saturated carbocycles. The highest BCUT2D eigenvalue weighted by molar-refractivity contribution is 7.90. The molecule has 1 aliphatic rings. The van der Waals surface area contributed by atoms with Crippen LogP contribution in [0.1, 0.15) is 35.9 Å². The summed E-state index contributed by atoms with van der Waals surface area (Å²) in [7, 11) is -1.22. The Labute approximate surface area is 150 Å². The molecule has 0 saturated heterocycles. The first kappa shape index (κ1) is 18.1. The van der Waals surface area contributed by atoms with E-state index in [0.29, 0.717) is 12.4 Å². The standard InChI is InChI=1S/C15H19N5O5S/c1-4-5-6-19-14(16-17-18-19)9-20-15(21)10-7-11(24-2)12(25-3)8-13(10)26(20,22)23/h7-8H,4-6,9H2,1-3H3. The van der Waals surface area contributed by atoms with E-state index < -0.39 is 15.9 Å². The van der Waals surface area contributed by atoms with Gasteiger partial charge in [-0.1, -0.05) is 13.3 Å². The molecule has 0 unspecified atom stereocenters. The average Bonchev–Trinajstić information content (AvgIpc) is 3.15. The number of aryl methyl sites for hydroxylation is 1. The third-order valence-electron chi connectivity index (χ3n) is 4.13. The van der Waals surface area contributed by atoms with Crippen LogP contribution in [0.4, 0.5) is 0 Å². The predicted octanol–water partition coefficient (Wildman–Crippen LogP) is 0.835. The number of fused-ring (bicyclic) bond motifs is 1. The fourth-order valence-electron chi connectivity index (χ4n) is 2.71. The van der Waals surface area contributed by atoms with Crippen molar-refractivity contribution in [2.45, 2.75) is 37.8 Å². The molecule has 2 aromatic rings. The minimum atomic E-state index is -4.03. The van der Waals surface area contributed by atoms with Gasteiger partial charge in [0.15, 0.2) is 17.3 Å². The zero-order valence-electron chi connectivity index (χ0n) is 14.7. The third kappa shape index (κ3) is 2.87. The first-order valence-corrected chi connectivity index (χ1v) is 9.46. The fourth-order valence-corrected chi connectivity index (χ4v) is 4.23. The van der Waals surface area contributed by atoms with Crippen LogP contribution in [0.15, 0.2) is 17.0 Å². The Kier molecular flexibility index (Phi) is 4.81. The number of rotatable bonds is 7. The molecule has 0 bridgehead atoms. The van der Waals surface area contributed by atoms with Crippen LogP contribution in [-0.2, 0) is 23.1 Å². The monoisotopic (exact) mass is 381 g/mol. The van der Waals surface area contributed by atoms with E-state index in [1.54, 1.807) is 0 Å². The summed E-state index contributed by atoms with van der Waals surface area (Å²) in [5, 5.41) is 11.3. The Morgan fingerprint density at radius 1 is 1.15 bits per heavy atom. The first-order valence-electron chi connectivity index (χ1n) is 8.02. The van der Waals surface area contributed by atoms with Gasteiger partial charge in [-0.25, -0.2) is 17.4 Å². The number of amides is 1. The third-order valence-corrected chi connectivity index (χ3v) is 5.89. The first-order chi connectivity index (χ1) is 12.4. The van der Waals surface area contributed by atoms with Gasteiger partial charge in [-0.15, -0.1) is 5.10 Å². The molecular weight excluding hydrogens is 362 g/mol. The van der Waals surface area contributed by atoms with E-state index in [1.165, 1.54) is 31.0 Å². The summed E-state index contributed by atoms with van der Waals surface area (Å²) in [6.45, 7) is 2.34. The van der Waals surface area contributed by atoms with Gasteiger partial charge in [-0.3, -0.25) is 4.79 Å². The van der Waals surface area contributed by atoms with Gasteiger partial charge in [0.1, 0.15) is 4.90 Å². The van der Waals surface area contributed by atoms with Crippen molar-refractivity contribution >= 4 is 15.9 Å². The predicted molar refractivity (Wildman–Crippen MR) is 89.3 cm³/mol. The summed E-state index contributed by atoms with van der Waals surface area (Å²) < 4.78 is 38.3. The highest BCUT2D eigenvalue weighted by Crippen LogP contribution is 2.39. The lowest BCUT2D eigenvalue weighted by Gasteiger charge is -2.14. The molecule has 0 atom stereocenters. The summed E-state index contributed by atoms with van der Waals surface area (Å²) >= 11 is 0. The van der Waals surface area contributed by atoms with E-state index >= 15 is 0 Å². The number of nitrogens with zero attached hydrogens (tertiary/aromatic N) is 5. The number of tetrazole rings is 1. The van der Waals surface area contributed by atoms with Gasteiger partial charge in [0.25, 0.3) is 15.9 Å². The second-order valence-electron chi connectivity index (χ2n) is 5.69. The molecule has 2 heterocycles. The molecule has 0 N–H and O–H groups in total. The van der Waals surface area contributed by atoms with E-state index in [2.05, 4.69) is 15.5 Å². The number of carbonyl (C=O) groups is 1. The average molecular weight is 381 g/mol. The number of methoxy groups -OCH3 is 2. The SMILES string of the molecule is CCCCn1nnnc1CN1C(=O)c2cc(OC)c(OC)cc2S1(=O)=O. The van der Waals surface area contributed by atoms with E-state index in [1.807, 2.05) is 6.92 Å². The van der Waals surface area contributed by atoms with Crippen molar-refractivity contribution in [1.82, 2.24) is 24.5 Å². The summed E-state index contributed by atoms with van der Waals surface area (Å²) in [6.07, 6.45) is 1.78. The van der Waals surface area contributed by atoms with Crippen molar-refractivity contribution < 1.29 is 22.7 Å². The van der Waals surface area contributed by atoms with Gasteiger partial charge in [0.05, 0.1) is 26.3 Å². The van der Waals surface area contributed by atoms with Gasteiger partial charge in [-0.05, 0) is 22.9 Å². The normalized spacial score (nSPS) is 15.2. The maximum Gasteiger partial charge on any atom is 0.269 e. The molecule has 1 amide bonds. The van der Waals surface area contributed by atoms with E-state index in [0.717, 1.165) is 17.1 Å². The minimum absolute atomic E-state index is 0.0373. The Hall–Kier alpha value is -2.69. The van der Waals surface area contributed by atoms with Crippen molar-refractivity contribution in [3.8, 4) is 11.5 Å². The number of hydrogen-bond acceptors (Lipinski definition) is 8. The van der Waals surface area contributed by atoms with Crippen LogP contribution in [0, 0.1) is 0 Å². The van der Waals surface area contributed by atoms with Crippen LogP contribution in [0.3, 0.4) is 0 Å². The number of aromatic nitrogens is 4. The van der Waals surface area contributed by atoms with Crippen LogP contribution in [-0.4, -0.2) is 53.1 Å². The van der Waals surface area contributed by atoms with Crippen LogP contribution < -0.4 is 9.47 Å². The molecule has 0 spiro atoms. The second-order valence-corrected chi connectivity index (χ2v) is 7.52.